The number of carbonyl (C=O) groups excluding carboxylic acids is 2. The van der Waals surface area contributed by atoms with E-state index in [-0.39, 0.29) is 24.5 Å². The Labute approximate surface area is 144 Å². The molecular formula is C17H19N3O3S. The molecular weight excluding hydrogens is 326 g/mol. The molecule has 1 aliphatic heterocycles. The van der Waals surface area contributed by atoms with Crippen molar-refractivity contribution in [1.29, 1.82) is 0 Å². The van der Waals surface area contributed by atoms with E-state index >= 15 is 0 Å². The summed E-state index contributed by atoms with van der Waals surface area (Å²) in [6.07, 6.45) is 6.57. The van der Waals surface area contributed by atoms with Crippen LogP contribution in [-0.2, 0) is 9.59 Å². The van der Waals surface area contributed by atoms with Crippen molar-refractivity contribution in [2.45, 2.75) is 12.5 Å². The zero-order valence-corrected chi connectivity index (χ0v) is 14.1. The Balaban J connectivity index is 1.74. The van der Waals surface area contributed by atoms with E-state index in [1.807, 2.05) is 35.3 Å². The molecule has 0 fully saturated rings. The number of hydrogen-bond acceptors (Lipinski definition) is 4. The highest BCUT2D eigenvalue weighted by Crippen LogP contribution is 2.31. The van der Waals surface area contributed by atoms with Crippen LogP contribution in [0.4, 0.5) is 11.4 Å². The van der Waals surface area contributed by atoms with Gasteiger partial charge in [0.15, 0.2) is 6.61 Å². The van der Waals surface area contributed by atoms with Crippen LogP contribution in [0.1, 0.15) is 12.5 Å². The summed E-state index contributed by atoms with van der Waals surface area (Å²) in [6.45, 7) is -0.00981. The van der Waals surface area contributed by atoms with Crippen LogP contribution in [0, 0.1) is 0 Å². The number of nitrogens with one attached hydrogen (secondary N) is 2. The van der Waals surface area contributed by atoms with Gasteiger partial charge in [0.25, 0.3) is 5.91 Å². The zero-order chi connectivity index (χ0) is 16.9. The van der Waals surface area contributed by atoms with Gasteiger partial charge in [-0.2, -0.15) is 11.8 Å². The minimum atomic E-state index is -0.260. The molecule has 3 rings (SSSR count). The molecule has 0 unspecified atom stereocenters. The average Bonchev–Trinajstić information content (AvgIpc) is 3.09. The van der Waals surface area contributed by atoms with Crippen LogP contribution in [0.5, 0.6) is 5.75 Å². The van der Waals surface area contributed by atoms with Gasteiger partial charge in [-0.1, -0.05) is 0 Å². The standard InChI is InChI=1S/C17H19N3O3S/c1-24-9-6-14(20-7-2-3-8-20)17(22)18-12-4-5-13-15(10-12)23-11-16(21)19-13/h2-5,7-8,10,14H,6,9,11H2,1H3,(H,18,22)(H,19,21)/t14-/m1/s1. The van der Waals surface area contributed by atoms with Gasteiger partial charge in [0.1, 0.15) is 11.8 Å². The summed E-state index contributed by atoms with van der Waals surface area (Å²) in [5.74, 6) is 1.22. The number of anilines is 2. The summed E-state index contributed by atoms with van der Waals surface area (Å²) < 4.78 is 7.30. The first-order valence-corrected chi connectivity index (χ1v) is 9.05. The van der Waals surface area contributed by atoms with Gasteiger partial charge in [-0.15, -0.1) is 0 Å². The normalized spacial score (nSPS) is 14.3. The topological polar surface area (TPSA) is 72.4 Å². The molecule has 24 heavy (non-hydrogen) atoms. The first-order valence-electron chi connectivity index (χ1n) is 7.66. The van der Waals surface area contributed by atoms with E-state index in [9.17, 15) is 9.59 Å². The van der Waals surface area contributed by atoms with E-state index in [1.165, 1.54) is 0 Å². The summed E-state index contributed by atoms with van der Waals surface area (Å²) in [5.41, 5.74) is 1.27. The minimum Gasteiger partial charge on any atom is -0.482 e. The molecule has 0 aliphatic carbocycles. The monoisotopic (exact) mass is 345 g/mol. The maximum Gasteiger partial charge on any atom is 0.262 e. The smallest absolute Gasteiger partial charge is 0.262 e. The lowest BCUT2D eigenvalue weighted by Gasteiger charge is -2.21. The van der Waals surface area contributed by atoms with Crippen LogP contribution in [0.25, 0.3) is 0 Å². The van der Waals surface area contributed by atoms with E-state index in [2.05, 4.69) is 10.6 Å². The van der Waals surface area contributed by atoms with Crippen LogP contribution < -0.4 is 15.4 Å². The van der Waals surface area contributed by atoms with E-state index in [1.54, 1.807) is 30.0 Å². The number of aromatic nitrogens is 1. The molecule has 126 valence electrons. The van der Waals surface area contributed by atoms with Crippen molar-refractivity contribution in [3.05, 3.63) is 42.7 Å². The van der Waals surface area contributed by atoms with Crippen LogP contribution in [0.2, 0.25) is 0 Å². The van der Waals surface area contributed by atoms with Gasteiger partial charge in [0, 0.05) is 24.1 Å². The molecule has 0 saturated heterocycles. The summed E-state index contributed by atoms with van der Waals surface area (Å²) in [5, 5.41) is 5.67. The molecule has 2 N–H and O–H groups in total. The van der Waals surface area contributed by atoms with Crippen molar-refractivity contribution in [3.8, 4) is 5.75 Å². The minimum absolute atomic E-state index is 0.00981. The summed E-state index contributed by atoms with van der Waals surface area (Å²) >= 11 is 1.72. The van der Waals surface area contributed by atoms with Crippen LogP contribution >= 0.6 is 11.8 Å². The number of hydrogen-bond donors (Lipinski definition) is 2. The number of amides is 2. The third kappa shape index (κ3) is 3.73. The third-order valence-corrected chi connectivity index (χ3v) is 4.41. The molecule has 0 radical (unpaired) electrons. The average molecular weight is 345 g/mol. The second kappa shape index (κ2) is 7.44. The maximum absolute atomic E-state index is 12.7. The van der Waals surface area contributed by atoms with Crippen molar-refractivity contribution in [2.75, 3.05) is 29.2 Å². The van der Waals surface area contributed by atoms with Gasteiger partial charge in [-0.3, -0.25) is 9.59 Å². The molecule has 6 nitrogen and oxygen atoms in total. The van der Waals surface area contributed by atoms with Crippen LogP contribution in [-0.4, -0.2) is 35.0 Å². The number of thioether (sulfide) groups is 1. The zero-order valence-electron chi connectivity index (χ0n) is 13.3. The van der Waals surface area contributed by atoms with E-state index in [0.717, 1.165) is 12.2 Å². The number of rotatable bonds is 6. The fraction of sp³-hybridized carbons (Fsp3) is 0.294. The first kappa shape index (κ1) is 16.4. The summed E-state index contributed by atoms with van der Waals surface area (Å²) in [7, 11) is 0. The first-order chi connectivity index (χ1) is 11.7. The Morgan fingerprint density at radius 2 is 2.21 bits per heavy atom. The summed E-state index contributed by atoms with van der Waals surface area (Å²) in [6, 6.07) is 8.78. The fourth-order valence-electron chi connectivity index (χ4n) is 2.58. The quantitative estimate of drug-likeness (QED) is 0.844. The van der Waals surface area contributed by atoms with Crippen molar-refractivity contribution in [2.24, 2.45) is 0 Å². The molecule has 1 aliphatic rings. The van der Waals surface area contributed by atoms with Crippen LogP contribution in [0.3, 0.4) is 0 Å². The second-order valence-electron chi connectivity index (χ2n) is 5.46. The van der Waals surface area contributed by atoms with Gasteiger partial charge in [0.05, 0.1) is 5.69 Å². The molecule has 7 heteroatoms. The molecule has 1 aromatic carbocycles. The fourth-order valence-corrected chi connectivity index (χ4v) is 3.04. The van der Waals surface area contributed by atoms with Gasteiger partial charge in [0.2, 0.25) is 5.91 Å². The van der Waals surface area contributed by atoms with Crippen LogP contribution in [0.15, 0.2) is 42.7 Å². The van der Waals surface area contributed by atoms with Gasteiger partial charge in [-0.25, -0.2) is 0 Å². The third-order valence-electron chi connectivity index (χ3n) is 3.77. The number of nitrogens with zero attached hydrogens (tertiary/aromatic N) is 1. The highest BCUT2D eigenvalue weighted by Gasteiger charge is 2.21. The molecule has 1 atom stereocenters. The lowest BCUT2D eigenvalue weighted by molar-refractivity contribution is -0.119. The van der Waals surface area contributed by atoms with Crippen molar-refractivity contribution in [1.82, 2.24) is 4.57 Å². The highest BCUT2D eigenvalue weighted by atomic mass is 32.2. The number of carbonyl (C=O) groups is 2. The highest BCUT2D eigenvalue weighted by molar-refractivity contribution is 7.98. The maximum atomic E-state index is 12.7. The Bertz CT molecular complexity index is 731. The van der Waals surface area contributed by atoms with E-state index in [4.69, 9.17) is 4.74 Å². The van der Waals surface area contributed by atoms with Gasteiger partial charge < -0.3 is 19.9 Å². The Morgan fingerprint density at radius 1 is 1.42 bits per heavy atom. The number of fused-ring (bicyclic) bond motifs is 1. The largest absolute Gasteiger partial charge is 0.482 e. The molecule has 0 saturated carbocycles. The lowest BCUT2D eigenvalue weighted by Crippen LogP contribution is -2.27. The summed E-state index contributed by atoms with van der Waals surface area (Å²) in [4.78, 5) is 24.0. The second-order valence-corrected chi connectivity index (χ2v) is 6.45. The van der Waals surface area contributed by atoms with Gasteiger partial charge in [-0.05, 0) is 42.7 Å². The predicted molar refractivity (Wildman–Crippen MR) is 95.7 cm³/mol. The SMILES string of the molecule is CSCC[C@H](C(=O)Nc1ccc2c(c1)OCC(=O)N2)n1cccc1. The lowest BCUT2D eigenvalue weighted by atomic mass is 10.2. The number of benzene rings is 1. The van der Waals surface area contributed by atoms with Crippen molar-refractivity contribution in [3.63, 3.8) is 0 Å². The predicted octanol–water partition coefficient (Wildman–Crippen LogP) is 2.75. The Hall–Kier alpha value is -2.41. The van der Waals surface area contributed by atoms with Crippen molar-refractivity contribution < 1.29 is 14.3 Å². The van der Waals surface area contributed by atoms with Crippen molar-refractivity contribution >= 4 is 35.0 Å². The molecule has 1 aromatic heterocycles. The molecule has 2 amide bonds. The Morgan fingerprint density at radius 3 is 2.96 bits per heavy atom. The van der Waals surface area contributed by atoms with Gasteiger partial charge >= 0.3 is 0 Å². The van der Waals surface area contributed by atoms with E-state index in [0.29, 0.717) is 17.1 Å². The Kier molecular flexibility index (Phi) is 5.10. The molecule has 2 heterocycles. The molecule has 0 spiro atoms. The molecule has 2 aromatic rings. The van der Waals surface area contributed by atoms with E-state index < -0.39 is 0 Å². The molecule has 0 bridgehead atoms. The number of ether oxygens (including phenoxy) is 1.